The largest absolute Gasteiger partial charge is 0.494 e. The van der Waals surface area contributed by atoms with Gasteiger partial charge in [-0.2, -0.15) is 0 Å². The van der Waals surface area contributed by atoms with Crippen molar-refractivity contribution < 1.29 is 13.9 Å². The number of ether oxygens (including phenoxy) is 2. The van der Waals surface area contributed by atoms with Crippen LogP contribution in [0.15, 0.2) is 30.3 Å². The molecule has 0 saturated carbocycles. The van der Waals surface area contributed by atoms with Gasteiger partial charge in [0.1, 0.15) is 5.75 Å². The number of rotatable bonds is 14. The van der Waals surface area contributed by atoms with Crippen molar-refractivity contribution in [2.75, 3.05) is 13.2 Å². The summed E-state index contributed by atoms with van der Waals surface area (Å²) in [6, 6.07) is 10.1. The number of halogens is 1. The van der Waals surface area contributed by atoms with Crippen molar-refractivity contribution in [3.05, 3.63) is 47.3 Å². The first kappa shape index (κ1) is 23.6. The van der Waals surface area contributed by atoms with E-state index in [1.54, 1.807) is 6.07 Å². The Morgan fingerprint density at radius 1 is 0.710 bits per heavy atom. The first-order valence-corrected chi connectivity index (χ1v) is 12.4. The molecule has 0 heterocycles. The maximum atomic E-state index is 15.1. The van der Waals surface area contributed by atoms with Crippen LogP contribution in [0.1, 0.15) is 89.2 Å². The average Bonchev–Trinajstić information content (AvgIpc) is 2.79. The molecule has 0 spiro atoms. The molecule has 0 N–H and O–H groups in total. The van der Waals surface area contributed by atoms with Gasteiger partial charge in [-0.05, 0) is 66.1 Å². The summed E-state index contributed by atoms with van der Waals surface area (Å²) in [5, 5.41) is 0. The van der Waals surface area contributed by atoms with Crippen molar-refractivity contribution in [3.8, 4) is 22.6 Å². The van der Waals surface area contributed by atoms with Crippen LogP contribution < -0.4 is 9.47 Å². The molecule has 2 aromatic rings. The molecule has 0 bridgehead atoms. The van der Waals surface area contributed by atoms with E-state index in [4.69, 9.17) is 9.47 Å². The maximum absolute atomic E-state index is 15.1. The van der Waals surface area contributed by atoms with Crippen molar-refractivity contribution >= 4 is 0 Å². The minimum atomic E-state index is -0.176. The lowest BCUT2D eigenvalue weighted by molar-refractivity contribution is 0.289. The van der Waals surface area contributed by atoms with E-state index < -0.39 is 0 Å². The van der Waals surface area contributed by atoms with Gasteiger partial charge in [-0.15, -0.1) is 0 Å². The predicted octanol–water partition coefficient (Wildman–Crippen LogP) is 8.29. The van der Waals surface area contributed by atoms with Gasteiger partial charge in [0.25, 0.3) is 0 Å². The molecule has 0 aliphatic heterocycles. The Morgan fingerprint density at radius 3 is 2.13 bits per heavy atom. The summed E-state index contributed by atoms with van der Waals surface area (Å²) in [6.45, 7) is 5.80. The van der Waals surface area contributed by atoms with Gasteiger partial charge in [-0.25, -0.2) is 4.39 Å². The van der Waals surface area contributed by atoms with E-state index in [0.717, 1.165) is 54.7 Å². The van der Waals surface area contributed by atoms with Crippen molar-refractivity contribution in [1.29, 1.82) is 0 Å². The summed E-state index contributed by atoms with van der Waals surface area (Å²) in [5.74, 6) is 1.16. The first-order chi connectivity index (χ1) is 15.2. The van der Waals surface area contributed by atoms with E-state index >= 15 is 4.39 Å². The molecule has 2 aromatic carbocycles. The molecule has 2 nitrogen and oxygen atoms in total. The van der Waals surface area contributed by atoms with Crippen LogP contribution in [-0.2, 0) is 12.8 Å². The lowest BCUT2D eigenvalue weighted by Crippen LogP contribution is -2.09. The summed E-state index contributed by atoms with van der Waals surface area (Å²) in [7, 11) is 0. The molecule has 0 aromatic heterocycles. The molecule has 1 aliphatic carbocycles. The quantitative estimate of drug-likeness (QED) is 0.283. The molecule has 0 unspecified atom stereocenters. The van der Waals surface area contributed by atoms with Crippen LogP contribution in [-0.4, -0.2) is 13.2 Å². The highest BCUT2D eigenvalue weighted by Gasteiger charge is 2.22. The highest BCUT2D eigenvalue weighted by molar-refractivity contribution is 5.75. The fourth-order valence-electron chi connectivity index (χ4n) is 4.38. The van der Waals surface area contributed by atoms with Gasteiger partial charge in [0.05, 0.1) is 13.2 Å². The number of unbranched alkanes of at least 4 members (excludes halogenated alkanes) is 8. The second-order valence-corrected chi connectivity index (χ2v) is 8.75. The lowest BCUT2D eigenvalue weighted by Gasteiger charge is -2.22. The third kappa shape index (κ3) is 6.72. The van der Waals surface area contributed by atoms with E-state index in [1.807, 2.05) is 12.1 Å². The van der Waals surface area contributed by atoms with Gasteiger partial charge in [-0.3, -0.25) is 0 Å². The SMILES string of the molecule is CCCCCCCCOc1ccc2c(c1F)CCc1cc(OCCCCCC)ccc1-2. The van der Waals surface area contributed by atoms with Crippen LogP contribution in [0.3, 0.4) is 0 Å². The molecule has 3 rings (SSSR count). The fraction of sp³-hybridized carbons (Fsp3) is 0.571. The first-order valence-electron chi connectivity index (χ1n) is 12.4. The van der Waals surface area contributed by atoms with E-state index in [0.29, 0.717) is 18.8 Å². The number of hydrogen-bond donors (Lipinski definition) is 0. The molecule has 0 fully saturated rings. The van der Waals surface area contributed by atoms with Gasteiger partial charge in [-0.1, -0.05) is 77.3 Å². The molecule has 1 aliphatic rings. The second kappa shape index (κ2) is 12.7. The number of benzene rings is 2. The molecule has 0 atom stereocenters. The fourth-order valence-corrected chi connectivity index (χ4v) is 4.38. The molecular formula is C28H39FO2. The molecule has 3 heteroatoms. The van der Waals surface area contributed by atoms with Crippen LogP contribution in [0.25, 0.3) is 11.1 Å². The van der Waals surface area contributed by atoms with Gasteiger partial charge in [0, 0.05) is 0 Å². The van der Waals surface area contributed by atoms with E-state index in [1.165, 1.54) is 50.5 Å². The van der Waals surface area contributed by atoms with Gasteiger partial charge >= 0.3 is 0 Å². The Kier molecular flexibility index (Phi) is 9.71. The molecule has 0 saturated heterocycles. The molecule has 170 valence electrons. The van der Waals surface area contributed by atoms with Crippen molar-refractivity contribution in [1.82, 2.24) is 0 Å². The number of aryl methyl sites for hydroxylation is 1. The van der Waals surface area contributed by atoms with Crippen molar-refractivity contribution in [2.24, 2.45) is 0 Å². The van der Waals surface area contributed by atoms with E-state index in [2.05, 4.69) is 26.0 Å². The Hall–Kier alpha value is -2.03. The third-order valence-electron chi connectivity index (χ3n) is 6.24. The van der Waals surface area contributed by atoms with E-state index in [-0.39, 0.29) is 5.82 Å². The van der Waals surface area contributed by atoms with Crippen molar-refractivity contribution in [3.63, 3.8) is 0 Å². The van der Waals surface area contributed by atoms with Crippen LogP contribution in [0.4, 0.5) is 4.39 Å². The monoisotopic (exact) mass is 426 g/mol. The summed E-state index contributed by atoms with van der Waals surface area (Å²) < 4.78 is 26.9. The molecular weight excluding hydrogens is 387 g/mol. The predicted molar refractivity (Wildman–Crippen MR) is 128 cm³/mol. The van der Waals surface area contributed by atoms with Crippen LogP contribution in [0.2, 0.25) is 0 Å². The maximum Gasteiger partial charge on any atom is 0.168 e. The zero-order valence-electron chi connectivity index (χ0n) is 19.5. The summed E-state index contributed by atoms with van der Waals surface area (Å²) >= 11 is 0. The van der Waals surface area contributed by atoms with Gasteiger partial charge in [0.15, 0.2) is 11.6 Å². The van der Waals surface area contributed by atoms with E-state index in [9.17, 15) is 0 Å². The second-order valence-electron chi connectivity index (χ2n) is 8.75. The van der Waals surface area contributed by atoms with Gasteiger partial charge in [0.2, 0.25) is 0 Å². The Bertz CT molecular complexity index is 815. The smallest absolute Gasteiger partial charge is 0.168 e. The minimum absolute atomic E-state index is 0.176. The molecule has 31 heavy (non-hydrogen) atoms. The van der Waals surface area contributed by atoms with Gasteiger partial charge < -0.3 is 9.47 Å². The Balaban J connectivity index is 1.57. The zero-order valence-corrected chi connectivity index (χ0v) is 19.5. The van der Waals surface area contributed by atoms with Crippen molar-refractivity contribution in [2.45, 2.75) is 90.9 Å². The average molecular weight is 427 g/mol. The van der Waals surface area contributed by atoms with Crippen LogP contribution in [0, 0.1) is 5.82 Å². The topological polar surface area (TPSA) is 18.5 Å². The molecule has 0 amide bonds. The minimum Gasteiger partial charge on any atom is -0.494 e. The Labute approximate surface area is 188 Å². The standard InChI is InChI=1S/C28H39FO2/c1-3-5-7-9-10-12-20-31-27-18-17-25-24-16-14-23(30-19-11-8-6-4-2)21-22(24)13-15-26(25)28(27)29/h14,16-18,21H,3-13,15,19-20H2,1-2H3. The lowest BCUT2D eigenvalue weighted by atomic mass is 9.85. The third-order valence-corrected chi connectivity index (χ3v) is 6.24. The van der Waals surface area contributed by atoms with Crippen LogP contribution in [0.5, 0.6) is 11.5 Å². The normalized spacial score (nSPS) is 12.4. The Morgan fingerprint density at radius 2 is 1.35 bits per heavy atom. The number of fused-ring (bicyclic) bond motifs is 3. The summed E-state index contributed by atoms with van der Waals surface area (Å²) in [5.41, 5.74) is 4.17. The number of hydrogen-bond acceptors (Lipinski definition) is 2. The highest BCUT2D eigenvalue weighted by Crippen LogP contribution is 2.39. The highest BCUT2D eigenvalue weighted by atomic mass is 19.1. The summed E-state index contributed by atoms with van der Waals surface area (Å²) in [6.07, 6.45) is 13.6. The molecule has 0 radical (unpaired) electrons. The summed E-state index contributed by atoms with van der Waals surface area (Å²) in [4.78, 5) is 0. The zero-order chi connectivity index (χ0) is 21.9. The van der Waals surface area contributed by atoms with Crippen LogP contribution >= 0.6 is 0 Å².